The third-order valence-electron chi connectivity index (χ3n) is 5.70. The number of nitrogens with one attached hydrogen (secondary N) is 2. The van der Waals surface area contributed by atoms with Crippen molar-refractivity contribution in [3.8, 4) is 22.8 Å². The monoisotopic (exact) mass is 516 g/mol. The first kappa shape index (κ1) is 25.0. The number of anilines is 2. The molecule has 1 amide bonds. The summed E-state index contributed by atoms with van der Waals surface area (Å²) in [5.41, 5.74) is 2.77. The molecule has 0 atom stereocenters. The number of hydrogen-bond acceptors (Lipinski definition) is 8. The standard InChI is InChI=1S/C24H28N4O5S2/c1-16-12-18(35(30,31)28-10-4-5-11-28)7-9-21(16)33-14-23(29)26-19-13-17(6-8-22(19)32-3)20-15-34-24(25-2)27-20/h6-9,12-13,15H,4-5,10-11,14H2,1-3H3,(H,25,27)(H,26,29). The molecule has 11 heteroatoms. The molecule has 2 aromatic carbocycles. The van der Waals surface area contributed by atoms with Crippen molar-refractivity contribution in [2.24, 2.45) is 0 Å². The lowest BCUT2D eigenvalue weighted by Gasteiger charge is -2.17. The van der Waals surface area contributed by atoms with Gasteiger partial charge in [-0.1, -0.05) is 0 Å². The zero-order chi connectivity index (χ0) is 25.0. The second-order valence-electron chi connectivity index (χ2n) is 8.08. The first-order valence-corrected chi connectivity index (χ1v) is 13.5. The van der Waals surface area contributed by atoms with Crippen molar-refractivity contribution in [2.45, 2.75) is 24.7 Å². The van der Waals surface area contributed by atoms with Crippen LogP contribution in [0.5, 0.6) is 11.5 Å². The Morgan fingerprint density at radius 3 is 2.54 bits per heavy atom. The van der Waals surface area contributed by atoms with E-state index in [2.05, 4.69) is 15.6 Å². The summed E-state index contributed by atoms with van der Waals surface area (Å²) < 4.78 is 38.1. The Kier molecular flexibility index (Phi) is 7.58. The fourth-order valence-corrected chi connectivity index (χ4v) is 6.12. The topological polar surface area (TPSA) is 110 Å². The minimum atomic E-state index is -3.51. The van der Waals surface area contributed by atoms with Crippen molar-refractivity contribution >= 4 is 38.1 Å². The maximum Gasteiger partial charge on any atom is 0.262 e. The Balaban J connectivity index is 1.43. The average molecular weight is 517 g/mol. The van der Waals surface area contributed by atoms with Crippen LogP contribution in [-0.4, -0.2) is 57.5 Å². The molecule has 0 radical (unpaired) electrons. The highest BCUT2D eigenvalue weighted by Gasteiger charge is 2.27. The molecule has 4 rings (SSSR count). The number of aromatic nitrogens is 1. The lowest BCUT2D eigenvalue weighted by atomic mass is 10.1. The van der Waals surface area contributed by atoms with E-state index in [0.717, 1.165) is 29.2 Å². The molecule has 0 spiro atoms. The molecule has 186 valence electrons. The van der Waals surface area contributed by atoms with E-state index < -0.39 is 10.0 Å². The summed E-state index contributed by atoms with van der Waals surface area (Å²) in [6.45, 7) is 2.61. The summed E-state index contributed by atoms with van der Waals surface area (Å²) in [4.78, 5) is 17.4. The van der Waals surface area contributed by atoms with E-state index >= 15 is 0 Å². The van der Waals surface area contributed by atoms with Crippen LogP contribution in [0.2, 0.25) is 0 Å². The Hall–Kier alpha value is -3.15. The highest BCUT2D eigenvalue weighted by Crippen LogP contribution is 2.32. The van der Waals surface area contributed by atoms with Crippen LogP contribution in [0, 0.1) is 6.92 Å². The number of rotatable bonds is 9. The van der Waals surface area contributed by atoms with Crippen LogP contribution in [-0.2, 0) is 14.8 Å². The zero-order valence-electron chi connectivity index (χ0n) is 19.8. The zero-order valence-corrected chi connectivity index (χ0v) is 21.5. The third-order valence-corrected chi connectivity index (χ3v) is 8.45. The quantitative estimate of drug-likeness (QED) is 0.443. The number of carbonyl (C=O) groups excluding carboxylic acids is 1. The van der Waals surface area contributed by atoms with Gasteiger partial charge >= 0.3 is 0 Å². The first-order valence-electron chi connectivity index (χ1n) is 11.2. The summed E-state index contributed by atoms with van der Waals surface area (Å²) in [6, 6.07) is 10.1. The number of benzene rings is 2. The van der Waals surface area contributed by atoms with Gasteiger partial charge in [-0.25, -0.2) is 13.4 Å². The second-order valence-corrected chi connectivity index (χ2v) is 10.9. The van der Waals surface area contributed by atoms with Gasteiger partial charge in [-0.3, -0.25) is 4.79 Å². The fraction of sp³-hybridized carbons (Fsp3) is 0.333. The highest BCUT2D eigenvalue weighted by atomic mass is 32.2. The SMILES string of the molecule is CNc1nc(-c2ccc(OC)c(NC(=O)COc3ccc(S(=O)(=O)N4CCCC4)cc3C)c2)cs1. The van der Waals surface area contributed by atoms with Gasteiger partial charge in [0, 0.05) is 31.1 Å². The van der Waals surface area contributed by atoms with E-state index in [0.29, 0.717) is 35.8 Å². The largest absolute Gasteiger partial charge is 0.495 e. The number of aryl methyl sites for hydroxylation is 1. The molecule has 0 bridgehead atoms. The summed E-state index contributed by atoms with van der Waals surface area (Å²) in [5.74, 6) is 0.588. The van der Waals surface area contributed by atoms with Crippen LogP contribution in [0.4, 0.5) is 10.8 Å². The lowest BCUT2D eigenvalue weighted by molar-refractivity contribution is -0.118. The molecular weight excluding hydrogens is 488 g/mol. The molecule has 1 saturated heterocycles. The number of thiazole rings is 1. The lowest BCUT2D eigenvalue weighted by Crippen LogP contribution is -2.27. The first-order chi connectivity index (χ1) is 16.8. The summed E-state index contributed by atoms with van der Waals surface area (Å²) in [5, 5.41) is 8.56. The fourth-order valence-electron chi connectivity index (χ4n) is 3.84. The molecule has 3 aromatic rings. The van der Waals surface area contributed by atoms with Crippen LogP contribution in [0.25, 0.3) is 11.3 Å². The maximum absolute atomic E-state index is 12.8. The van der Waals surface area contributed by atoms with Crippen molar-refractivity contribution in [3.05, 3.63) is 47.3 Å². The van der Waals surface area contributed by atoms with Gasteiger partial charge in [0.15, 0.2) is 11.7 Å². The van der Waals surface area contributed by atoms with E-state index in [-0.39, 0.29) is 17.4 Å². The van der Waals surface area contributed by atoms with Crippen molar-refractivity contribution in [3.63, 3.8) is 0 Å². The van der Waals surface area contributed by atoms with Gasteiger partial charge in [0.1, 0.15) is 11.5 Å². The maximum atomic E-state index is 12.8. The molecule has 1 aliphatic rings. The molecule has 1 aromatic heterocycles. The smallest absolute Gasteiger partial charge is 0.262 e. The predicted octanol–water partition coefficient (Wildman–Crippen LogP) is 3.97. The summed E-state index contributed by atoms with van der Waals surface area (Å²) in [7, 11) is -0.167. The summed E-state index contributed by atoms with van der Waals surface area (Å²) >= 11 is 1.49. The van der Waals surface area contributed by atoms with Crippen molar-refractivity contribution in [1.29, 1.82) is 0 Å². The average Bonchev–Trinajstić information content (AvgIpc) is 3.56. The van der Waals surface area contributed by atoms with Crippen molar-refractivity contribution in [1.82, 2.24) is 9.29 Å². The van der Waals surface area contributed by atoms with E-state index in [1.807, 2.05) is 18.5 Å². The number of carbonyl (C=O) groups is 1. The molecule has 9 nitrogen and oxygen atoms in total. The molecule has 0 unspecified atom stereocenters. The van der Waals surface area contributed by atoms with Gasteiger partial charge in [0.25, 0.3) is 5.91 Å². The molecule has 0 saturated carbocycles. The molecule has 2 N–H and O–H groups in total. The number of ether oxygens (including phenoxy) is 2. The molecule has 1 aliphatic heterocycles. The number of methoxy groups -OCH3 is 1. The van der Waals surface area contributed by atoms with E-state index in [1.165, 1.54) is 28.8 Å². The van der Waals surface area contributed by atoms with Gasteiger partial charge < -0.3 is 20.1 Å². The van der Waals surface area contributed by atoms with Crippen LogP contribution in [0.3, 0.4) is 0 Å². The highest BCUT2D eigenvalue weighted by molar-refractivity contribution is 7.89. The minimum Gasteiger partial charge on any atom is -0.495 e. The Labute approximate surface area is 209 Å². The van der Waals surface area contributed by atoms with Gasteiger partial charge in [-0.2, -0.15) is 4.31 Å². The van der Waals surface area contributed by atoms with E-state index in [9.17, 15) is 13.2 Å². The second kappa shape index (κ2) is 10.6. The normalized spacial score (nSPS) is 14.0. The molecule has 2 heterocycles. The van der Waals surface area contributed by atoms with Crippen LogP contribution in [0.1, 0.15) is 18.4 Å². The molecular formula is C24H28N4O5S2. The number of nitrogens with zero attached hydrogens (tertiary/aromatic N) is 2. The Bertz CT molecular complexity index is 1320. The Morgan fingerprint density at radius 2 is 1.89 bits per heavy atom. The van der Waals surface area contributed by atoms with Crippen LogP contribution < -0.4 is 20.1 Å². The van der Waals surface area contributed by atoms with Crippen molar-refractivity contribution in [2.75, 3.05) is 44.5 Å². The Morgan fingerprint density at radius 1 is 1.14 bits per heavy atom. The number of sulfonamides is 1. The number of hydrogen-bond donors (Lipinski definition) is 2. The molecule has 1 fully saturated rings. The van der Waals surface area contributed by atoms with Crippen molar-refractivity contribution < 1.29 is 22.7 Å². The number of amides is 1. The molecule has 35 heavy (non-hydrogen) atoms. The third kappa shape index (κ3) is 5.58. The van der Waals surface area contributed by atoms with Gasteiger partial charge in [0.05, 0.1) is 23.4 Å². The van der Waals surface area contributed by atoms with Gasteiger partial charge in [-0.15, -0.1) is 11.3 Å². The minimum absolute atomic E-state index is 0.235. The summed E-state index contributed by atoms with van der Waals surface area (Å²) in [6.07, 6.45) is 1.76. The van der Waals surface area contributed by atoms with E-state index in [1.54, 1.807) is 31.2 Å². The van der Waals surface area contributed by atoms with Crippen LogP contribution >= 0.6 is 11.3 Å². The molecule has 0 aliphatic carbocycles. The van der Waals surface area contributed by atoms with Gasteiger partial charge in [0.2, 0.25) is 10.0 Å². The van der Waals surface area contributed by atoms with E-state index in [4.69, 9.17) is 9.47 Å². The van der Waals surface area contributed by atoms with Gasteiger partial charge in [-0.05, 0) is 61.7 Å². The predicted molar refractivity (Wildman–Crippen MR) is 137 cm³/mol. The van der Waals surface area contributed by atoms with Crippen LogP contribution in [0.15, 0.2) is 46.7 Å².